The molecule has 3 amide bonds. The third-order valence-electron chi connectivity index (χ3n) is 2.39. The summed E-state index contributed by atoms with van der Waals surface area (Å²) in [5.41, 5.74) is 0. The summed E-state index contributed by atoms with van der Waals surface area (Å²) in [5.74, 6) is -1.54. The summed E-state index contributed by atoms with van der Waals surface area (Å²) < 4.78 is 0. The number of carbonyl (C=O) groups excluding carboxylic acids is 2. The highest BCUT2D eigenvalue weighted by atomic mass is 16.4. The van der Waals surface area contributed by atoms with Crippen molar-refractivity contribution in [3.8, 4) is 0 Å². The molecule has 0 radical (unpaired) electrons. The van der Waals surface area contributed by atoms with Gasteiger partial charge in [0.2, 0.25) is 5.91 Å². The van der Waals surface area contributed by atoms with Crippen molar-refractivity contribution in [2.45, 2.75) is 26.3 Å². The topological polar surface area (TPSA) is 119 Å². The van der Waals surface area contributed by atoms with Gasteiger partial charge in [0.25, 0.3) is 0 Å². The van der Waals surface area contributed by atoms with Gasteiger partial charge in [-0.1, -0.05) is 0 Å². The van der Waals surface area contributed by atoms with Crippen molar-refractivity contribution < 1.29 is 24.6 Å². The highest BCUT2D eigenvalue weighted by molar-refractivity contribution is 5.86. The van der Waals surface area contributed by atoms with Crippen molar-refractivity contribution in [1.29, 1.82) is 0 Å². The highest BCUT2D eigenvalue weighted by Gasteiger charge is 2.23. The zero-order chi connectivity index (χ0) is 14.8. The lowest BCUT2D eigenvalue weighted by Crippen LogP contribution is -2.50. The SMILES string of the molecule is CCNC(=O)CN(CC)C(=O)N[C@@H](CCO)C(=O)O. The maximum Gasteiger partial charge on any atom is 0.326 e. The molecule has 0 aromatic carbocycles. The lowest BCUT2D eigenvalue weighted by molar-refractivity contribution is -0.139. The second-order valence-electron chi connectivity index (χ2n) is 3.82. The van der Waals surface area contributed by atoms with Crippen LogP contribution in [0.15, 0.2) is 0 Å². The summed E-state index contributed by atoms with van der Waals surface area (Å²) in [5, 5.41) is 22.4. The molecule has 8 nitrogen and oxygen atoms in total. The number of urea groups is 1. The Kier molecular flexibility index (Phi) is 8.27. The molecule has 0 aromatic heterocycles. The monoisotopic (exact) mass is 275 g/mol. The van der Waals surface area contributed by atoms with Crippen molar-refractivity contribution in [3.63, 3.8) is 0 Å². The molecule has 0 saturated heterocycles. The number of nitrogens with zero attached hydrogens (tertiary/aromatic N) is 1. The number of hydrogen-bond acceptors (Lipinski definition) is 4. The van der Waals surface area contributed by atoms with Crippen LogP contribution in [-0.2, 0) is 9.59 Å². The summed E-state index contributed by atoms with van der Waals surface area (Å²) in [6, 6.07) is -1.81. The van der Waals surface area contributed by atoms with Crippen LogP contribution in [0.5, 0.6) is 0 Å². The third-order valence-corrected chi connectivity index (χ3v) is 2.39. The normalized spacial score (nSPS) is 11.5. The number of aliphatic hydroxyl groups excluding tert-OH is 1. The van der Waals surface area contributed by atoms with Gasteiger partial charge in [0, 0.05) is 26.1 Å². The molecule has 0 spiro atoms. The van der Waals surface area contributed by atoms with Gasteiger partial charge in [0.15, 0.2) is 0 Å². The zero-order valence-corrected chi connectivity index (χ0v) is 11.2. The summed E-state index contributed by atoms with van der Waals surface area (Å²) in [6.45, 7) is 3.69. The number of hydrogen-bond donors (Lipinski definition) is 4. The molecule has 0 saturated carbocycles. The van der Waals surface area contributed by atoms with E-state index in [0.717, 1.165) is 0 Å². The number of amides is 3. The predicted molar refractivity (Wildman–Crippen MR) is 67.6 cm³/mol. The molecule has 0 unspecified atom stereocenters. The Bertz CT molecular complexity index is 321. The van der Waals surface area contributed by atoms with Crippen LogP contribution in [0.1, 0.15) is 20.3 Å². The smallest absolute Gasteiger partial charge is 0.326 e. The quantitative estimate of drug-likeness (QED) is 0.452. The van der Waals surface area contributed by atoms with E-state index in [1.165, 1.54) is 4.90 Å². The molecular weight excluding hydrogens is 254 g/mol. The zero-order valence-electron chi connectivity index (χ0n) is 11.2. The summed E-state index contributed by atoms with van der Waals surface area (Å²) in [4.78, 5) is 35.2. The highest BCUT2D eigenvalue weighted by Crippen LogP contribution is 1.96. The number of aliphatic hydroxyl groups is 1. The molecule has 1 atom stereocenters. The predicted octanol–water partition coefficient (Wildman–Crippen LogP) is -1.01. The van der Waals surface area contributed by atoms with Crippen LogP contribution in [0.2, 0.25) is 0 Å². The Morgan fingerprint density at radius 2 is 1.89 bits per heavy atom. The van der Waals surface area contributed by atoms with Crippen molar-refractivity contribution >= 4 is 17.9 Å². The second kappa shape index (κ2) is 9.15. The molecule has 0 fully saturated rings. The summed E-state index contributed by atoms with van der Waals surface area (Å²) >= 11 is 0. The third kappa shape index (κ3) is 6.61. The van der Waals surface area contributed by atoms with Gasteiger partial charge in [-0.3, -0.25) is 4.79 Å². The molecule has 19 heavy (non-hydrogen) atoms. The van der Waals surface area contributed by atoms with E-state index in [1.54, 1.807) is 13.8 Å². The number of aliphatic carboxylic acids is 1. The van der Waals surface area contributed by atoms with Crippen LogP contribution in [0, 0.1) is 0 Å². The number of likely N-dealkylation sites (N-methyl/N-ethyl adjacent to an activating group) is 2. The first-order valence-electron chi connectivity index (χ1n) is 6.12. The molecule has 110 valence electrons. The van der Waals surface area contributed by atoms with Crippen LogP contribution < -0.4 is 10.6 Å². The Labute approximate surface area is 111 Å². The fraction of sp³-hybridized carbons (Fsp3) is 0.727. The minimum absolute atomic E-state index is 0.0835. The largest absolute Gasteiger partial charge is 0.480 e. The minimum atomic E-state index is -1.23. The molecule has 0 aromatic rings. The summed E-state index contributed by atoms with van der Waals surface area (Å²) in [7, 11) is 0. The van der Waals surface area contributed by atoms with Crippen LogP contribution >= 0.6 is 0 Å². The standard InChI is InChI=1S/C11H21N3O5/c1-3-12-9(16)7-14(4-2)11(19)13-8(5-6-15)10(17)18/h8,15H,3-7H2,1-2H3,(H,12,16)(H,13,19)(H,17,18)/t8-/m0/s1. The van der Waals surface area contributed by atoms with E-state index >= 15 is 0 Å². The summed E-state index contributed by atoms with van der Waals surface area (Å²) in [6.07, 6.45) is -0.0835. The Morgan fingerprint density at radius 1 is 1.26 bits per heavy atom. The van der Waals surface area contributed by atoms with Gasteiger partial charge in [-0.25, -0.2) is 9.59 Å². The first-order valence-corrected chi connectivity index (χ1v) is 6.12. The van der Waals surface area contributed by atoms with E-state index in [-0.39, 0.29) is 32.0 Å². The van der Waals surface area contributed by atoms with E-state index in [0.29, 0.717) is 6.54 Å². The van der Waals surface area contributed by atoms with E-state index in [1.807, 2.05) is 0 Å². The first kappa shape index (κ1) is 17.2. The van der Waals surface area contributed by atoms with Crippen molar-refractivity contribution in [2.75, 3.05) is 26.2 Å². The second-order valence-corrected chi connectivity index (χ2v) is 3.82. The molecule has 8 heteroatoms. The van der Waals surface area contributed by atoms with E-state index in [2.05, 4.69) is 10.6 Å². The first-order chi connectivity index (χ1) is 8.96. The van der Waals surface area contributed by atoms with Gasteiger partial charge >= 0.3 is 12.0 Å². The maximum absolute atomic E-state index is 11.8. The molecule has 0 rings (SSSR count). The molecule has 0 bridgehead atoms. The van der Waals surface area contributed by atoms with E-state index in [4.69, 9.17) is 10.2 Å². The molecule has 0 aliphatic rings. The molecule has 4 N–H and O–H groups in total. The molecular formula is C11H21N3O5. The Balaban J connectivity index is 4.48. The van der Waals surface area contributed by atoms with Crippen molar-refractivity contribution in [2.24, 2.45) is 0 Å². The van der Waals surface area contributed by atoms with E-state index in [9.17, 15) is 14.4 Å². The van der Waals surface area contributed by atoms with Gasteiger partial charge in [0.05, 0.1) is 0 Å². The van der Waals surface area contributed by atoms with Crippen LogP contribution in [-0.4, -0.2) is 65.3 Å². The van der Waals surface area contributed by atoms with Gasteiger partial charge in [-0.15, -0.1) is 0 Å². The van der Waals surface area contributed by atoms with E-state index < -0.39 is 18.0 Å². The molecule has 0 heterocycles. The van der Waals surface area contributed by atoms with Crippen LogP contribution in [0.4, 0.5) is 4.79 Å². The van der Waals surface area contributed by atoms with Gasteiger partial charge in [-0.2, -0.15) is 0 Å². The lowest BCUT2D eigenvalue weighted by Gasteiger charge is -2.23. The van der Waals surface area contributed by atoms with Crippen LogP contribution in [0.3, 0.4) is 0 Å². The van der Waals surface area contributed by atoms with Gasteiger partial charge < -0.3 is 25.7 Å². The molecule has 0 aliphatic heterocycles. The fourth-order valence-electron chi connectivity index (χ4n) is 1.38. The average Bonchev–Trinajstić information content (AvgIpc) is 2.35. The number of carboxylic acids is 1. The van der Waals surface area contributed by atoms with Gasteiger partial charge in [-0.05, 0) is 13.8 Å². The fourth-order valence-corrected chi connectivity index (χ4v) is 1.38. The average molecular weight is 275 g/mol. The minimum Gasteiger partial charge on any atom is -0.480 e. The number of rotatable bonds is 8. The maximum atomic E-state index is 11.8. The van der Waals surface area contributed by atoms with Crippen LogP contribution in [0.25, 0.3) is 0 Å². The van der Waals surface area contributed by atoms with Crippen molar-refractivity contribution in [1.82, 2.24) is 15.5 Å². The van der Waals surface area contributed by atoms with Gasteiger partial charge in [0.1, 0.15) is 12.6 Å². The Hall–Kier alpha value is -1.83. The number of nitrogens with one attached hydrogen (secondary N) is 2. The number of carbonyl (C=O) groups is 3. The lowest BCUT2D eigenvalue weighted by atomic mass is 10.2. The molecule has 0 aliphatic carbocycles. The Morgan fingerprint density at radius 3 is 2.32 bits per heavy atom. The van der Waals surface area contributed by atoms with Crippen molar-refractivity contribution in [3.05, 3.63) is 0 Å². The number of carboxylic acid groups (broad SMARTS) is 1.